The molecule has 0 aliphatic heterocycles. The maximum absolute atomic E-state index is 11.8. The molecule has 0 N–H and O–H groups in total. The van der Waals surface area contributed by atoms with Crippen molar-refractivity contribution in [1.29, 1.82) is 0 Å². The van der Waals surface area contributed by atoms with Crippen LogP contribution in [0.15, 0.2) is 0 Å². The first-order chi connectivity index (χ1) is 4.57. The van der Waals surface area contributed by atoms with Crippen LogP contribution in [0.4, 0.5) is 8.78 Å². The second-order valence-electron chi connectivity index (χ2n) is 2.99. The van der Waals surface area contributed by atoms with Gasteiger partial charge in [-0.25, -0.2) is 8.78 Å². The van der Waals surface area contributed by atoms with Gasteiger partial charge in [-0.2, -0.15) is 0 Å². The molecule has 0 bridgehead atoms. The molecule has 0 aliphatic rings. The minimum absolute atomic E-state index is 0.0506. The van der Waals surface area contributed by atoms with Crippen molar-refractivity contribution in [1.82, 2.24) is 0 Å². The van der Waals surface area contributed by atoms with E-state index in [0.717, 1.165) is 6.42 Å². The fraction of sp³-hybridized carbons (Fsp3) is 1.00. The van der Waals surface area contributed by atoms with Gasteiger partial charge in [0.25, 0.3) is 0 Å². The molecule has 0 radical (unpaired) electrons. The minimum Gasteiger partial charge on any atom is -0.211 e. The van der Waals surface area contributed by atoms with Crippen molar-refractivity contribution < 1.29 is 8.78 Å². The predicted octanol–water partition coefficient (Wildman–Crippen LogP) is 3.32. The zero-order valence-corrected chi connectivity index (χ0v) is 6.90. The molecule has 2 atom stereocenters. The third kappa shape index (κ3) is 3.80. The van der Waals surface area contributed by atoms with E-state index in [9.17, 15) is 8.78 Å². The highest BCUT2D eigenvalue weighted by Gasteiger charge is 2.14. The molecule has 0 saturated carbocycles. The SMILES string of the molecule is CCC(C)C(C)CC(F)F. The van der Waals surface area contributed by atoms with Crippen LogP contribution in [0.2, 0.25) is 0 Å². The lowest BCUT2D eigenvalue weighted by atomic mass is 9.91. The van der Waals surface area contributed by atoms with Gasteiger partial charge in [-0.15, -0.1) is 0 Å². The van der Waals surface area contributed by atoms with Gasteiger partial charge in [-0.1, -0.05) is 27.2 Å². The van der Waals surface area contributed by atoms with Crippen LogP contribution in [-0.2, 0) is 0 Å². The van der Waals surface area contributed by atoms with Crippen LogP contribution >= 0.6 is 0 Å². The van der Waals surface area contributed by atoms with Crippen LogP contribution in [-0.4, -0.2) is 6.43 Å². The van der Waals surface area contributed by atoms with Gasteiger partial charge in [-0.3, -0.25) is 0 Å². The molecule has 2 heteroatoms. The molecule has 0 heterocycles. The van der Waals surface area contributed by atoms with Crippen molar-refractivity contribution in [2.75, 3.05) is 0 Å². The van der Waals surface area contributed by atoms with E-state index in [-0.39, 0.29) is 12.3 Å². The molecule has 0 fully saturated rings. The Hall–Kier alpha value is -0.140. The molecule has 2 unspecified atom stereocenters. The molecule has 0 aromatic carbocycles. The highest BCUT2D eigenvalue weighted by atomic mass is 19.3. The molecule has 0 spiro atoms. The normalized spacial score (nSPS) is 17.4. The first kappa shape index (κ1) is 9.86. The summed E-state index contributed by atoms with van der Waals surface area (Å²) in [5, 5.41) is 0. The summed E-state index contributed by atoms with van der Waals surface area (Å²) in [4.78, 5) is 0. The summed E-state index contributed by atoms with van der Waals surface area (Å²) in [6.45, 7) is 5.94. The third-order valence-electron chi connectivity index (χ3n) is 2.17. The Morgan fingerprint density at radius 2 is 1.60 bits per heavy atom. The predicted molar refractivity (Wildman–Crippen MR) is 39.2 cm³/mol. The van der Waals surface area contributed by atoms with Crippen LogP contribution in [0, 0.1) is 11.8 Å². The lowest BCUT2D eigenvalue weighted by Crippen LogP contribution is -2.10. The van der Waals surface area contributed by atoms with Crippen LogP contribution in [0.25, 0.3) is 0 Å². The van der Waals surface area contributed by atoms with E-state index < -0.39 is 6.43 Å². The molecule has 0 aromatic rings. The first-order valence-electron chi connectivity index (χ1n) is 3.86. The van der Waals surface area contributed by atoms with Crippen LogP contribution in [0.1, 0.15) is 33.6 Å². The fourth-order valence-electron chi connectivity index (χ4n) is 0.916. The summed E-state index contributed by atoms with van der Waals surface area (Å²) in [7, 11) is 0. The van der Waals surface area contributed by atoms with Gasteiger partial charge in [0, 0.05) is 6.42 Å². The molecule has 10 heavy (non-hydrogen) atoms. The Balaban J connectivity index is 3.50. The quantitative estimate of drug-likeness (QED) is 0.576. The van der Waals surface area contributed by atoms with Gasteiger partial charge >= 0.3 is 0 Å². The van der Waals surface area contributed by atoms with Crippen molar-refractivity contribution in [3.8, 4) is 0 Å². The zero-order chi connectivity index (χ0) is 8.15. The highest BCUT2D eigenvalue weighted by Crippen LogP contribution is 2.21. The average Bonchev–Trinajstić information content (AvgIpc) is 1.85. The Kier molecular flexibility index (Phi) is 4.58. The standard InChI is InChI=1S/C8H16F2/c1-4-6(2)7(3)5-8(9)10/h6-8H,4-5H2,1-3H3. The Morgan fingerprint density at radius 3 is 1.90 bits per heavy atom. The number of hydrogen-bond donors (Lipinski definition) is 0. The van der Waals surface area contributed by atoms with E-state index in [1.165, 1.54) is 0 Å². The van der Waals surface area contributed by atoms with Crippen molar-refractivity contribution in [2.45, 2.75) is 40.0 Å². The average molecular weight is 150 g/mol. The molecule has 62 valence electrons. The highest BCUT2D eigenvalue weighted by molar-refractivity contribution is 4.60. The summed E-state index contributed by atoms with van der Waals surface area (Å²) < 4.78 is 23.6. The number of hydrogen-bond acceptors (Lipinski definition) is 0. The Bertz CT molecular complexity index is 81.3. The smallest absolute Gasteiger partial charge is 0.211 e. The summed E-state index contributed by atoms with van der Waals surface area (Å²) in [5.74, 6) is 0.582. The Labute approximate surface area is 61.6 Å². The molecule has 0 aromatic heterocycles. The van der Waals surface area contributed by atoms with Crippen molar-refractivity contribution in [2.24, 2.45) is 11.8 Å². The second kappa shape index (κ2) is 4.64. The number of rotatable bonds is 4. The van der Waals surface area contributed by atoms with E-state index >= 15 is 0 Å². The number of halogens is 2. The van der Waals surface area contributed by atoms with E-state index in [2.05, 4.69) is 0 Å². The first-order valence-corrected chi connectivity index (χ1v) is 3.86. The maximum atomic E-state index is 11.8. The van der Waals surface area contributed by atoms with E-state index in [0.29, 0.717) is 5.92 Å². The van der Waals surface area contributed by atoms with Crippen LogP contribution in [0.5, 0.6) is 0 Å². The molecule has 0 amide bonds. The molecule has 0 rings (SSSR count). The van der Waals surface area contributed by atoms with Gasteiger partial charge in [0.1, 0.15) is 0 Å². The Morgan fingerprint density at radius 1 is 1.10 bits per heavy atom. The lowest BCUT2D eigenvalue weighted by Gasteiger charge is -2.16. The monoisotopic (exact) mass is 150 g/mol. The molecule has 0 nitrogen and oxygen atoms in total. The lowest BCUT2D eigenvalue weighted by molar-refractivity contribution is 0.104. The van der Waals surface area contributed by atoms with E-state index in [1.807, 2.05) is 20.8 Å². The summed E-state index contributed by atoms with van der Waals surface area (Å²) in [6, 6.07) is 0. The second-order valence-corrected chi connectivity index (χ2v) is 2.99. The topological polar surface area (TPSA) is 0 Å². The van der Waals surface area contributed by atoms with Crippen LogP contribution in [0.3, 0.4) is 0 Å². The zero-order valence-electron chi connectivity index (χ0n) is 6.90. The van der Waals surface area contributed by atoms with Crippen molar-refractivity contribution >= 4 is 0 Å². The summed E-state index contributed by atoms with van der Waals surface area (Å²) >= 11 is 0. The van der Waals surface area contributed by atoms with E-state index in [1.54, 1.807) is 0 Å². The minimum atomic E-state index is -2.14. The van der Waals surface area contributed by atoms with Gasteiger partial charge in [0.05, 0.1) is 0 Å². The number of alkyl halides is 2. The summed E-state index contributed by atoms with van der Waals surface area (Å²) in [5.41, 5.74) is 0. The van der Waals surface area contributed by atoms with Crippen molar-refractivity contribution in [3.05, 3.63) is 0 Å². The van der Waals surface area contributed by atoms with Gasteiger partial charge in [-0.05, 0) is 11.8 Å². The molecular weight excluding hydrogens is 134 g/mol. The molecule has 0 saturated heterocycles. The fourth-order valence-corrected chi connectivity index (χ4v) is 0.916. The molecule has 0 aliphatic carbocycles. The van der Waals surface area contributed by atoms with Crippen molar-refractivity contribution in [3.63, 3.8) is 0 Å². The largest absolute Gasteiger partial charge is 0.238 e. The molecular formula is C8H16F2. The third-order valence-corrected chi connectivity index (χ3v) is 2.17. The van der Waals surface area contributed by atoms with Gasteiger partial charge < -0.3 is 0 Å². The van der Waals surface area contributed by atoms with E-state index in [4.69, 9.17) is 0 Å². The van der Waals surface area contributed by atoms with Crippen LogP contribution < -0.4 is 0 Å². The van der Waals surface area contributed by atoms with Gasteiger partial charge in [0.15, 0.2) is 0 Å². The van der Waals surface area contributed by atoms with Gasteiger partial charge in [0.2, 0.25) is 6.43 Å². The maximum Gasteiger partial charge on any atom is 0.238 e. The summed E-state index contributed by atoms with van der Waals surface area (Å²) in [6.07, 6.45) is -1.09.